The van der Waals surface area contributed by atoms with Gasteiger partial charge in [0, 0.05) is 18.2 Å². The molecule has 2 heterocycles. The molecule has 3 rings (SSSR count). The van der Waals surface area contributed by atoms with Gasteiger partial charge in [-0.1, -0.05) is 37.3 Å². The monoisotopic (exact) mass is 304 g/mol. The van der Waals surface area contributed by atoms with Crippen LogP contribution in [-0.2, 0) is 16.0 Å². The van der Waals surface area contributed by atoms with Crippen LogP contribution in [0, 0.1) is 0 Å². The molecule has 0 aliphatic carbocycles. The van der Waals surface area contributed by atoms with E-state index in [0.29, 0.717) is 13.0 Å². The number of thioether (sulfide) groups is 1. The third-order valence-electron chi connectivity index (χ3n) is 4.17. The fourth-order valence-corrected chi connectivity index (χ4v) is 4.37. The van der Waals surface area contributed by atoms with Crippen molar-refractivity contribution in [1.29, 1.82) is 0 Å². The van der Waals surface area contributed by atoms with Crippen LogP contribution >= 0.6 is 11.8 Å². The maximum Gasteiger partial charge on any atom is 0.246 e. The molecule has 1 aromatic carbocycles. The summed E-state index contributed by atoms with van der Waals surface area (Å²) in [7, 11) is 0. The number of nitrogens with one attached hydrogen (secondary N) is 1. The third kappa shape index (κ3) is 2.79. The summed E-state index contributed by atoms with van der Waals surface area (Å²) in [5.74, 6) is 1.06. The molecule has 2 fully saturated rings. The topological polar surface area (TPSA) is 49.4 Å². The maximum atomic E-state index is 12.6. The lowest BCUT2D eigenvalue weighted by Gasteiger charge is -2.36. The average Bonchev–Trinajstić information content (AvgIpc) is 2.91. The van der Waals surface area contributed by atoms with Gasteiger partial charge < -0.3 is 10.2 Å². The van der Waals surface area contributed by atoms with E-state index in [2.05, 4.69) is 12.2 Å². The summed E-state index contributed by atoms with van der Waals surface area (Å²) >= 11 is 1.78. The number of amides is 2. The number of hydrogen-bond donors (Lipinski definition) is 1. The van der Waals surface area contributed by atoms with Gasteiger partial charge in [0.05, 0.1) is 0 Å². The minimum Gasteiger partial charge on any atom is -0.342 e. The third-order valence-corrected chi connectivity index (χ3v) is 5.43. The fraction of sp³-hybridized carbons (Fsp3) is 0.500. The molecule has 1 aromatic rings. The summed E-state index contributed by atoms with van der Waals surface area (Å²) in [6.45, 7) is 2.80. The minimum absolute atomic E-state index is 0.0129. The van der Waals surface area contributed by atoms with Crippen molar-refractivity contribution in [2.45, 2.75) is 37.1 Å². The molecule has 21 heavy (non-hydrogen) atoms. The van der Waals surface area contributed by atoms with Gasteiger partial charge in [-0.25, -0.2) is 0 Å². The minimum atomic E-state index is -0.415. The van der Waals surface area contributed by atoms with Crippen molar-refractivity contribution in [3.63, 3.8) is 0 Å². The van der Waals surface area contributed by atoms with E-state index in [9.17, 15) is 9.59 Å². The Hall–Kier alpha value is -1.49. The molecule has 5 heteroatoms. The van der Waals surface area contributed by atoms with Crippen LogP contribution < -0.4 is 5.32 Å². The molecule has 1 N–H and O–H groups in total. The summed E-state index contributed by atoms with van der Waals surface area (Å²) in [6.07, 6.45) is 1.49. The van der Waals surface area contributed by atoms with Crippen molar-refractivity contribution in [3.05, 3.63) is 35.9 Å². The van der Waals surface area contributed by atoms with Crippen LogP contribution in [0.3, 0.4) is 0 Å². The molecule has 0 spiro atoms. The van der Waals surface area contributed by atoms with Crippen LogP contribution in [-0.4, -0.2) is 46.3 Å². The van der Waals surface area contributed by atoms with Gasteiger partial charge in [-0.15, -0.1) is 0 Å². The van der Waals surface area contributed by atoms with E-state index in [-0.39, 0.29) is 23.1 Å². The van der Waals surface area contributed by atoms with Crippen LogP contribution in [0.15, 0.2) is 30.3 Å². The molecule has 0 saturated carbocycles. The van der Waals surface area contributed by atoms with Crippen LogP contribution in [0.5, 0.6) is 0 Å². The summed E-state index contributed by atoms with van der Waals surface area (Å²) in [6, 6.07) is 9.16. The highest BCUT2D eigenvalue weighted by molar-refractivity contribution is 7.99. The Labute approximate surface area is 129 Å². The number of piperazine rings is 1. The molecular weight excluding hydrogens is 284 g/mol. The van der Waals surface area contributed by atoms with Crippen molar-refractivity contribution >= 4 is 23.6 Å². The highest BCUT2D eigenvalue weighted by Crippen LogP contribution is 2.31. The Bertz CT molecular complexity index is 534. The summed E-state index contributed by atoms with van der Waals surface area (Å²) in [4.78, 5) is 26.8. The Morgan fingerprint density at radius 1 is 1.29 bits per heavy atom. The highest BCUT2D eigenvalue weighted by Gasteiger charge is 2.47. The number of fused-ring (bicyclic) bond motifs is 1. The van der Waals surface area contributed by atoms with Gasteiger partial charge in [0.25, 0.3) is 0 Å². The van der Waals surface area contributed by atoms with E-state index >= 15 is 0 Å². The molecule has 4 nitrogen and oxygen atoms in total. The first-order valence-corrected chi connectivity index (χ1v) is 8.52. The van der Waals surface area contributed by atoms with Gasteiger partial charge in [-0.05, 0) is 17.7 Å². The smallest absolute Gasteiger partial charge is 0.246 e. The Morgan fingerprint density at radius 3 is 2.76 bits per heavy atom. The highest BCUT2D eigenvalue weighted by atomic mass is 32.2. The number of nitrogens with zero attached hydrogens (tertiary/aromatic N) is 1. The van der Waals surface area contributed by atoms with E-state index < -0.39 is 6.04 Å². The van der Waals surface area contributed by atoms with E-state index in [0.717, 1.165) is 17.7 Å². The van der Waals surface area contributed by atoms with Crippen LogP contribution in [0.4, 0.5) is 0 Å². The van der Waals surface area contributed by atoms with Crippen molar-refractivity contribution < 1.29 is 9.59 Å². The lowest BCUT2D eigenvalue weighted by Crippen LogP contribution is -2.63. The number of rotatable bonds is 4. The van der Waals surface area contributed by atoms with Crippen molar-refractivity contribution in [1.82, 2.24) is 10.2 Å². The predicted molar refractivity (Wildman–Crippen MR) is 84.1 cm³/mol. The normalized spacial score (nSPS) is 28.4. The molecule has 0 aromatic heterocycles. The van der Waals surface area contributed by atoms with Gasteiger partial charge in [0.1, 0.15) is 12.1 Å². The molecule has 0 radical (unpaired) electrons. The van der Waals surface area contributed by atoms with Crippen LogP contribution in [0.2, 0.25) is 0 Å². The number of carbonyl (C=O) groups excluding carboxylic acids is 2. The van der Waals surface area contributed by atoms with E-state index in [1.807, 2.05) is 30.3 Å². The molecule has 112 valence electrons. The van der Waals surface area contributed by atoms with Crippen LogP contribution in [0.25, 0.3) is 0 Å². The molecule has 3 unspecified atom stereocenters. The Morgan fingerprint density at radius 2 is 2.05 bits per heavy atom. The number of benzene rings is 1. The zero-order chi connectivity index (χ0) is 14.8. The second-order valence-corrected chi connectivity index (χ2v) is 7.03. The first-order valence-electron chi connectivity index (χ1n) is 7.47. The molecule has 0 bridgehead atoms. The molecule has 3 atom stereocenters. The molecular formula is C16H20N2O2S. The first-order chi connectivity index (χ1) is 10.2. The standard InChI is InChI=1S/C16H20N2O2S/c1-2-21-13-8-9-18-14(13)15(19)17-12(16(18)20)10-11-6-4-3-5-7-11/h3-7,12-14H,2,8-10H2,1H3,(H,17,19). The average molecular weight is 304 g/mol. The SMILES string of the molecule is CCSC1CCN2C(=O)C(Cc3ccccc3)NC(=O)C12. The number of carbonyl (C=O) groups is 2. The van der Waals surface area contributed by atoms with Crippen molar-refractivity contribution in [2.24, 2.45) is 0 Å². The fourth-order valence-electron chi connectivity index (χ4n) is 3.22. The van der Waals surface area contributed by atoms with Gasteiger partial charge in [-0.3, -0.25) is 9.59 Å². The van der Waals surface area contributed by atoms with Crippen LogP contribution in [0.1, 0.15) is 18.9 Å². The molecule has 2 saturated heterocycles. The second-order valence-electron chi connectivity index (χ2n) is 5.51. The number of hydrogen-bond acceptors (Lipinski definition) is 3. The zero-order valence-electron chi connectivity index (χ0n) is 12.1. The lowest BCUT2D eigenvalue weighted by atomic mass is 10.0. The van der Waals surface area contributed by atoms with Gasteiger partial charge >= 0.3 is 0 Å². The summed E-state index contributed by atoms with van der Waals surface area (Å²) in [5.41, 5.74) is 1.08. The molecule has 2 aliphatic heterocycles. The summed E-state index contributed by atoms with van der Waals surface area (Å²) < 4.78 is 0. The van der Waals surface area contributed by atoms with E-state index in [4.69, 9.17) is 0 Å². The van der Waals surface area contributed by atoms with E-state index in [1.54, 1.807) is 16.7 Å². The first kappa shape index (κ1) is 14.4. The lowest BCUT2D eigenvalue weighted by molar-refractivity contribution is -0.146. The van der Waals surface area contributed by atoms with Crippen molar-refractivity contribution in [3.8, 4) is 0 Å². The van der Waals surface area contributed by atoms with E-state index in [1.165, 1.54) is 0 Å². The largest absolute Gasteiger partial charge is 0.342 e. The zero-order valence-corrected chi connectivity index (χ0v) is 12.9. The second kappa shape index (κ2) is 6.10. The Kier molecular flexibility index (Phi) is 4.19. The van der Waals surface area contributed by atoms with Gasteiger partial charge in [-0.2, -0.15) is 11.8 Å². The van der Waals surface area contributed by atoms with Crippen molar-refractivity contribution in [2.75, 3.05) is 12.3 Å². The maximum absolute atomic E-state index is 12.6. The predicted octanol–water partition coefficient (Wildman–Crippen LogP) is 1.45. The van der Waals surface area contributed by atoms with Gasteiger partial charge in [0.2, 0.25) is 11.8 Å². The quantitative estimate of drug-likeness (QED) is 0.916. The molecule has 2 amide bonds. The Balaban J connectivity index is 1.74. The molecule has 2 aliphatic rings. The summed E-state index contributed by atoms with van der Waals surface area (Å²) in [5, 5.41) is 3.18. The van der Waals surface area contributed by atoms with Gasteiger partial charge in [0.15, 0.2) is 0 Å².